The van der Waals surface area contributed by atoms with E-state index in [4.69, 9.17) is 4.42 Å². The Balaban J connectivity index is 1.66. The zero-order chi connectivity index (χ0) is 17.6. The summed E-state index contributed by atoms with van der Waals surface area (Å²) in [5.41, 5.74) is 2.50. The molecule has 0 spiro atoms. The summed E-state index contributed by atoms with van der Waals surface area (Å²) in [6.45, 7) is 1.83. The summed E-state index contributed by atoms with van der Waals surface area (Å²) >= 11 is 0. The molecule has 0 saturated heterocycles. The first-order valence-electron chi connectivity index (χ1n) is 7.76. The van der Waals surface area contributed by atoms with E-state index in [1.807, 2.05) is 12.1 Å². The molecular formula is C19H17N3O3. The Hall–Kier alpha value is -3.41. The lowest BCUT2D eigenvalue weighted by atomic mass is 10.1. The summed E-state index contributed by atoms with van der Waals surface area (Å²) in [6.07, 6.45) is 3.12. The van der Waals surface area contributed by atoms with Gasteiger partial charge in [-0.3, -0.25) is 14.6 Å². The molecule has 25 heavy (non-hydrogen) atoms. The zero-order valence-corrected chi connectivity index (χ0v) is 13.7. The number of carbonyl (C=O) groups is 2. The first-order chi connectivity index (χ1) is 12.1. The number of amides is 1. The van der Waals surface area contributed by atoms with Crippen molar-refractivity contribution in [3.8, 4) is 0 Å². The molecule has 0 unspecified atom stereocenters. The third kappa shape index (κ3) is 4.32. The highest BCUT2D eigenvalue weighted by Crippen LogP contribution is 2.17. The first kappa shape index (κ1) is 16.4. The molecule has 0 saturated carbocycles. The van der Waals surface area contributed by atoms with Crippen molar-refractivity contribution in [1.29, 1.82) is 0 Å². The summed E-state index contributed by atoms with van der Waals surface area (Å²) in [5, 5.41) is 5.94. The molecule has 6 heteroatoms. The quantitative estimate of drug-likeness (QED) is 0.673. The van der Waals surface area contributed by atoms with Crippen molar-refractivity contribution in [3.63, 3.8) is 0 Å². The molecule has 126 valence electrons. The number of anilines is 2. The molecule has 0 aliphatic carbocycles. The van der Waals surface area contributed by atoms with Crippen LogP contribution in [0.2, 0.25) is 0 Å². The van der Waals surface area contributed by atoms with Crippen LogP contribution in [0.15, 0.2) is 65.4 Å². The minimum atomic E-state index is -0.285. The van der Waals surface area contributed by atoms with Gasteiger partial charge in [0.15, 0.2) is 5.78 Å². The van der Waals surface area contributed by atoms with Crippen molar-refractivity contribution < 1.29 is 14.0 Å². The molecule has 0 aliphatic rings. The van der Waals surface area contributed by atoms with Crippen molar-refractivity contribution >= 4 is 23.1 Å². The van der Waals surface area contributed by atoms with Crippen LogP contribution in [0.1, 0.15) is 33.5 Å². The van der Waals surface area contributed by atoms with E-state index in [1.54, 1.807) is 48.9 Å². The second-order valence-corrected chi connectivity index (χ2v) is 5.45. The van der Waals surface area contributed by atoms with E-state index < -0.39 is 0 Å². The Morgan fingerprint density at radius 1 is 1.08 bits per heavy atom. The highest BCUT2D eigenvalue weighted by molar-refractivity contribution is 5.94. The lowest BCUT2D eigenvalue weighted by Crippen LogP contribution is -2.23. The van der Waals surface area contributed by atoms with Gasteiger partial charge in [0.1, 0.15) is 11.5 Å². The SMILES string of the molecule is CC(=O)c1ccc(Nc2ccnc(C(=O)NCc3ccco3)c2)cc1. The third-order valence-corrected chi connectivity index (χ3v) is 3.58. The second-order valence-electron chi connectivity index (χ2n) is 5.45. The molecule has 3 aromatic rings. The molecule has 2 aromatic heterocycles. The van der Waals surface area contributed by atoms with Crippen LogP contribution < -0.4 is 10.6 Å². The Bertz CT molecular complexity index is 871. The summed E-state index contributed by atoms with van der Waals surface area (Å²) < 4.78 is 5.18. The molecular weight excluding hydrogens is 318 g/mol. The van der Waals surface area contributed by atoms with Gasteiger partial charge in [0.05, 0.1) is 12.8 Å². The number of rotatable bonds is 6. The second kappa shape index (κ2) is 7.44. The van der Waals surface area contributed by atoms with Crippen molar-refractivity contribution in [1.82, 2.24) is 10.3 Å². The number of nitrogens with one attached hydrogen (secondary N) is 2. The van der Waals surface area contributed by atoms with Crippen molar-refractivity contribution in [2.45, 2.75) is 13.5 Å². The summed E-state index contributed by atoms with van der Waals surface area (Å²) in [4.78, 5) is 27.6. The zero-order valence-electron chi connectivity index (χ0n) is 13.7. The van der Waals surface area contributed by atoms with Crippen molar-refractivity contribution in [3.05, 3.63) is 78.0 Å². The lowest BCUT2D eigenvalue weighted by molar-refractivity contribution is 0.0942. The predicted octanol–water partition coefficient (Wildman–Crippen LogP) is 3.55. The van der Waals surface area contributed by atoms with Gasteiger partial charge in [0.2, 0.25) is 0 Å². The van der Waals surface area contributed by atoms with E-state index in [1.165, 1.54) is 6.92 Å². The lowest BCUT2D eigenvalue weighted by Gasteiger charge is -2.08. The monoisotopic (exact) mass is 335 g/mol. The van der Waals surface area contributed by atoms with E-state index >= 15 is 0 Å². The van der Waals surface area contributed by atoms with Crippen LogP contribution in [0.5, 0.6) is 0 Å². The number of carbonyl (C=O) groups excluding carboxylic acids is 2. The van der Waals surface area contributed by atoms with E-state index in [0.717, 1.165) is 11.4 Å². The molecule has 0 atom stereocenters. The summed E-state index contributed by atoms with van der Waals surface area (Å²) in [7, 11) is 0. The van der Waals surface area contributed by atoms with Gasteiger partial charge in [-0.05, 0) is 55.5 Å². The van der Waals surface area contributed by atoms with Crippen LogP contribution in [0, 0.1) is 0 Å². The number of furan rings is 1. The van der Waals surface area contributed by atoms with Crippen molar-refractivity contribution in [2.24, 2.45) is 0 Å². The number of Topliss-reactive ketones (excluding diaryl/α,β-unsaturated/α-hetero) is 1. The fourth-order valence-corrected chi connectivity index (χ4v) is 2.26. The number of ketones is 1. The number of hydrogen-bond donors (Lipinski definition) is 2. The smallest absolute Gasteiger partial charge is 0.270 e. The molecule has 0 radical (unpaired) electrons. The fraction of sp³-hybridized carbons (Fsp3) is 0.105. The molecule has 0 aliphatic heterocycles. The fourth-order valence-electron chi connectivity index (χ4n) is 2.26. The van der Waals surface area contributed by atoms with Gasteiger partial charge in [-0.1, -0.05) is 0 Å². The van der Waals surface area contributed by atoms with E-state index in [2.05, 4.69) is 15.6 Å². The van der Waals surface area contributed by atoms with Crippen LogP contribution in [0.4, 0.5) is 11.4 Å². The maximum Gasteiger partial charge on any atom is 0.270 e. The molecule has 2 N–H and O–H groups in total. The molecule has 2 heterocycles. The first-order valence-corrected chi connectivity index (χ1v) is 7.76. The Kier molecular flexibility index (Phi) is 4.89. The summed E-state index contributed by atoms with van der Waals surface area (Å²) in [6, 6.07) is 14.1. The van der Waals surface area contributed by atoms with E-state index in [-0.39, 0.29) is 11.7 Å². The molecule has 1 aromatic carbocycles. The maximum atomic E-state index is 12.2. The highest BCUT2D eigenvalue weighted by Gasteiger charge is 2.09. The maximum absolute atomic E-state index is 12.2. The number of pyridine rings is 1. The Morgan fingerprint density at radius 3 is 2.56 bits per heavy atom. The number of nitrogens with zero attached hydrogens (tertiary/aromatic N) is 1. The van der Waals surface area contributed by atoms with Crippen LogP contribution >= 0.6 is 0 Å². The molecule has 6 nitrogen and oxygen atoms in total. The molecule has 0 fully saturated rings. The van der Waals surface area contributed by atoms with Gasteiger partial charge in [-0.15, -0.1) is 0 Å². The standard InChI is InChI=1S/C19H17N3O3/c1-13(23)14-4-6-15(7-5-14)22-16-8-9-20-18(11-16)19(24)21-12-17-3-2-10-25-17/h2-11H,12H2,1H3,(H,20,22)(H,21,24). The van der Waals surface area contributed by atoms with Gasteiger partial charge >= 0.3 is 0 Å². The largest absolute Gasteiger partial charge is 0.467 e. The van der Waals surface area contributed by atoms with Gasteiger partial charge < -0.3 is 15.1 Å². The third-order valence-electron chi connectivity index (χ3n) is 3.58. The van der Waals surface area contributed by atoms with Crippen LogP contribution in [-0.4, -0.2) is 16.7 Å². The minimum Gasteiger partial charge on any atom is -0.467 e. The Morgan fingerprint density at radius 2 is 1.88 bits per heavy atom. The number of aromatic nitrogens is 1. The predicted molar refractivity (Wildman–Crippen MR) is 93.8 cm³/mol. The van der Waals surface area contributed by atoms with Crippen LogP contribution in [0.25, 0.3) is 0 Å². The highest BCUT2D eigenvalue weighted by atomic mass is 16.3. The van der Waals surface area contributed by atoms with Gasteiger partial charge in [0, 0.05) is 23.1 Å². The number of hydrogen-bond acceptors (Lipinski definition) is 5. The average molecular weight is 335 g/mol. The van der Waals surface area contributed by atoms with Crippen LogP contribution in [0.3, 0.4) is 0 Å². The molecule has 1 amide bonds. The Labute approximate surface area is 144 Å². The molecule has 0 bridgehead atoms. The summed E-state index contributed by atoms with van der Waals surface area (Å²) in [5.74, 6) is 0.408. The average Bonchev–Trinajstić information content (AvgIpc) is 3.14. The minimum absolute atomic E-state index is 0.0194. The van der Waals surface area contributed by atoms with E-state index in [9.17, 15) is 9.59 Å². The van der Waals surface area contributed by atoms with Gasteiger partial charge in [-0.25, -0.2) is 0 Å². The van der Waals surface area contributed by atoms with Crippen molar-refractivity contribution in [2.75, 3.05) is 5.32 Å². The number of benzene rings is 1. The van der Waals surface area contributed by atoms with Crippen LogP contribution in [-0.2, 0) is 6.54 Å². The van der Waals surface area contributed by atoms with E-state index in [0.29, 0.717) is 23.6 Å². The van der Waals surface area contributed by atoms with Gasteiger partial charge in [0.25, 0.3) is 5.91 Å². The topological polar surface area (TPSA) is 84.2 Å². The van der Waals surface area contributed by atoms with Gasteiger partial charge in [-0.2, -0.15) is 0 Å². The normalized spacial score (nSPS) is 10.3. The molecule has 3 rings (SSSR count).